The van der Waals surface area contributed by atoms with Crippen molar-refractivity contribution in [2.24, 2.45) is 0 Å². The zero-order chi connectivity index (χ0) is 12.5. The van der Waals surface area contributed by atoms with Crippen LogP contribution in [0.5, 0.6) is 0 Å². The van der Waals surface area contributed by atoms with Crippen molar-refractivity contribution in [2.75, 3.05) is 25.0 Å². The van der Waals surface area contributed by atoms with E-state index >= 15 is 0 Å². The molecule has 3 heteroatoms. The van der Waals surface area contributed by atoms with Crippen LogP contribution >= 0.6 is 0 Å². The zero-order valence-electron chi connectivity index (χ0n) is 11.4. The third-order valence-electron chi connectivity index (χ3n) is 2.86. The molecule has 1 aromatic heterocycles. The van der Waals surface area contributed by atoms with E-state index in [9.17, 15) is 0 Å². The number of nitrogens with zero attached hydrogens (tertiary/aromatic N) is 2. The summed E-state index contributed by atoms with van der Waals surface area (Å²) in [6.07, 6.45) is 4.41. The van der Waals surface area contributed by atoms with Gasteiger partial charge in [-0.1, -0.05) is 20.3 Å². The Morgan fingerprint density at radius 2 is 2.12 bits per heavy atom. The molecule has 0 amide bonds. The monoisotopic (exact) mass is 235 g/mol. The highest BCUT2D eigenvalue weighted by Gasteiger charge is 2.04. The number of hydrogen-bond acceptors (Lipinski definition) is 3. The van der Waals surface area contributed by atoms with Crippen LogP contribution in [0.25, 0.3) is 0 Å². The van der Waals surface area contributed by atoms with Crippen LogP contribution in [0.2, 0.25) is 0 Å². The van der Waals surface area contributed by atoms with Crippen LogP contribution in [-0.4, -0.2) is 29.5 Å². The molecule has 1 aromatic rings. The lowest BCUT2D eigenvalue weighted by molar-refractivity contribution is 0.272. The van der Waals surface area contributed by atoms with Gasteiger partial charge in [-0.15, -0.1) is 0 Å². The molecule has 0 radical (unpaired) electrons. The molecule has 17 heavy (non-hydrogen) atoms. The Hall–Kier alpha value is -1.09. The number of anilines is 1. The van der Waals surface area contributed by atoms with Gasteiger partial charge >= 0.3 is 0 Å². The first-order valence-electron chi connectivity index (χ1n) is 6.71. The zero-order valence-corrected chi connectivity index (χ0v) is 11.4. The van der Waals surface area contributed by atoms with Crippen LogP contribution in [-0.2, 0) is 6.54 Å². The highest BCUT2D eigenvalue weighted by atomic mass is 15.1. The van der Waals surface area contributed by atoms with Crippen LogP contribution in [0.3, 0.4) is 0 Å². The van der Waals surface area contributed by atoms with E-state index in [0.717, 1.165) is 25.3 Å². The summed E-state index contributed by atoms with van der Waals surface area (Å²) in [7, 11) is 0. The van der Waals surface area contributed by atoms with Gasteiger partial charge in [0.2, 0.25) is 0 Å². The van der Waals surface area contributed by atoms with E-state index in [4.69, 9.17) is 0 Å². The minimum Gasteiger partial charge on any atom is -0.385 e. The standard InChI is InChI=1S/C14H25N3/c1-4-7-10-17(6-3)12-14-11-13(15-5-2)8-9-16-14/h8-9,11H,4-7,10,12H2,1-3H3,(H,15,16). The summed E-state index contributed by atoms with van der Waals surface area (Å²) in [6.45, 7) is 10.7. The van der Waals surface area contributed by atoms with Gasteiger partial charge in [-0.2, -0.15) is 0 Å². The average molecular weight is 235 g/mol. The fraction of sp³-hybridized carbons (Fsp3) is 0.643. The molecule has 0 aliphatic rings. The van der Waals surface area contributed by atoms with Crippen molar-refractivity contribution in [3.63, 3.8) is 0 Å². The topological polar surface area (TPSA) is 28.2 Å². The number of pyridine rings is 1. The number of aromatic nitrogens is 1. The lowest BCUT2D eigenvalue weighted by Crippen LogP contribution is -2.24. The van der Waals surface area contributed by atoms with E-state index in [0.29, 0.717) is 0 Å². The van der Waals surface area contributed by atoms with Crippen molar-refractivity contribution in [2.45, 2.75) is 40.2 Å². The molecule has 0 aliphatic carbocycles. The second-order valence-electron chi connectivity index (χ2n) is 4.29. The third kappa shape index (κ3) is 5.18. The first kappa shape index (κ1) is 14.0. The summed E-state index contributed by atoms with van der Waals surface area (Å²) in [6, 6.07) is 4.17. The van der Waals surface area contributed by atoms with Crippen molar-refractivity contribution in [3.05, 3.63) is 24.0 Å². The molecule has 1 rings (SSSR count). The molecular formula is C14H25N3. The van der Waals surface area contributed by atoms with Crippen molar-refractivity contribution in [3.8, 4) is 0 Å². The summed E-state index contributed by atoms with van der Waals surface area (Å²) in [5.41, 5.74) is 2.32. The van der Waals surface area contributed by atoms with Gasteiger partial charge in [0.1, 0.15) is 0 Å². The fourth-order valence-corrected chi connectivity index (χ4v) is 1.84. The minimum atomic E-state index is 0.954. The first-order valence-corrected chi connectivity index (χ1v) is 6.71. The van der Waals surface area contributed by atoms with Crippen LogP contribution in [0.4, 0.5) is 5.69 Å². The maximum absolute atomic E-state index is 4.44. The van der Waals surface area contributed by atoms with Crippen molar-refractivity contribution < 1.29 is 0 Å². The molecule has 0 saturated carbocycles. The van der Waals surface area contributed by atoms with Gasteiger partial charge < -0.3 is 5.32 Å². The van der Waals surface area contributed by atoms with E-state index in [1.807, 2.05) is 12.3 Å². The van der Waals surface area contributed by atoms with Gasteiger partial charge in [-0.25, -0.2) is 0 Å². The predicted octanol–water partition coefficient (Wildman–Crippen LogP) is 3.14. The molecule has 0 saturated heterocycles. The summed E-state index contributed by atoms with van der Waals surface area (Å²) in [5, 5.41) is 3.32. The normalized spacial score (nSPS) is 10.8. The van der Waals surface area contributed by atoms with Gasteiger partial charge in [0.05, 0.1) is 5.69 Å². The van der Waals surface area contributed by atoms with E-state index < -0.39 is 0 Å². The maximum Gasteiger partial charge on any atom is 0.0564 e. The van der Waals surface area contributed by atoms with E-state index in [1.54, 1.807) is 0 Å². The molecule has 0 unspecified atom stereocenters. The fourth-order valence-electron chi connectivity index (χ4n) is 1.84. The van der Waals surface area contributed by atoms with E-state index in [2.05, 4.69) is 42.0 Å². The lowest BCUT2D eigenvalue weighted by atomic mass is 10.2. The van der Waals surface area contributed by atoms with E-state index in [-0.39, 0.29) is 0 Å². The summed E-state index contributed by atoms with van der Waals surface area (Å²) in [5.74, 6) is 0. The molecule has 3 nitrogen and oxygen atoms in total. The lowest BCUT2D eigenvalue weighted by Gasteiger charge is -2.19. The number of unbranched alkanes of at least 4 members (excludes halogenated alkanes) is 1. The van der Waals surface area contributed by atoms with Crippen molar-refractivity contribution >= 4 is 5.69 Å². The molecule has 0 aromatic carbocycles. The summed E-state index contributed by atoms with van der Waals surface area (Å²) in [4.78, 5) is 6.88. The van der Waals surface area contributed by atoms with Gasteiger partial charge in [0.25, 0.3) is 0 Å². The largest absolute Gasteiger partial charge is 0.385 e. The van der Waals surface area contributed by atoms with Gasteiger partial charge in [-0.3, -0.25) is 9.88 Å². The average Bonchev–Trinajstić information content (AvgIpc) is 2.35. The second-order valence-corrected chi connectivity index (χ2v) is 4.29. The van der Waals surface area contributed by atoms with Crippen LogP contribution in [0, 0.1) is 0 Å². The Morgan fingerprint density at radius 3 is 2.76 bits per heavy atom. The molecule has 0 spiro atoms. The molecular weight excluding hydrogens is 210 g/mol. The number of hydrogen-bond donors (Lipinski definition) is 1. The minimum absolute atomic E-state index is 0.954. The molecule has 96 valence electrons. The molecule has 0 bridgehead atoms. The Labute approximate surface area is 105 Å². The quantitative estimate of drug-likeness (QED) is 0.750. The van der Waals surface area contributed by atoms with Crippen molar-refractivity contribution in [1.29, 1.82) is 0 Å². The summed E-state index contributed by atoms with van der Waals surface area (Å²) >= 11 is 0. The highest BCUT2D eigenvalue weighted by molar-refractivity contribution is 5.42. The number of rotatable bonds is 8. The summed E-state index contributed by atoms with van der Waals surface area (Å²) < 4.78 is 0. The van der Waals surface area contributed by atoms with Crippen LogP contribution < -0.4 is 5.32 Å². The Bertz CT molecular complexity index is 312. The highest BCUT2D eigenvalue weighted by Crippen LogP contribution is 2.10. The molecule has 0 fully saturated rings. The Morgan fingerprint density at radius 1 is 1.29 bits per heavy atom. The van der Waals surface area contributed by atoms with Crippen molar-refractivity contribution in [1.82, 2.24) is 9.88 Å². The predicted molar refractivity (Wildman–Crippen MR) is 74.3 cm³/mol. The molecule has 0 aliphatic heterocycles. The van der Waals surface area contributed by atoms with E-state index in [1.165, 1.54) is 25.1 Å². The SMILES string of the molecule is CCCCN(CC)Cc1cc(NCC)ccn1. The third-order valence-corrected chi connectivity index (χ3v) is 2.86. The second kappa shape index (κ2) is 8.07. The van der Waals surface area contributed by atoms with Gasteiger partial charge in [0, 0.05) is 25.0 Å². The molecule has 0 atom stereocenters. The molecule has 1 heterocycles. The van der Waals surface area contributed by atoms with Gasteiger partial charge in [0.15, 0.2) is 0 Å². The Balaban J connectivity index is 2.55. The van der Waals surface area contributed by atoms with Crippen LogP contribution in [0.15, 0.2) is 18.3 Å². The smallest absolute Gasteiger partial charge is 0.0564 e. The first-order chi connectivity index (χ1) is 8.30. The number of nitrogens with one attached hydrogen (secondary N) is 1. The Kier molecular flexibility index (Phi) is 6.63. The van der Waals surface area contributed by atoms with Crippen LogP contribution in [0.1, 0.15) is 39.3 Å². The molecule has 1 N–H and O–H groups in total. The van der Waals surface area contributed by atoms with Gasteiger partial charge in [-0.05, 0) is 38.6 Å². The maximum atomic E-state index is 4.44.